The van der Waals surface area contributed by atoms with Gasteiger partial charge in [0.25, 0.3) is 0 Å². The van der Waals surface area contributed by atoms with Crippen LogP contribution in [0, 0.1) is 0 Å². The standard InChI is InChI=1S/C12H23N3O2/c1-12(2,3)11-9(7-15(4)14-11)5-13-6-10(17)8-16/h7,10,13,16-17H,5-6,8H2,1-4H3. The largest absolute Gasteiger partial charge is 0.394 e. The lowest BCUT2D eigenvalue weighted by Crippen LogP contribution is -2.29. The molecule has 0 saturated carbocycles. The summed E-state index contributed by atoms with van der Waals surface area (Å²) in [6.45, 7) is 7.20. The van der Waals surface area contributed by atoms with E-state index in [1.54, 1.807) is 4.68 Å². The second-order valence-corrected chi connectivity index (χ2v) is 5.39. The molecule has 0 spiro atoms. The highest BCUT2D eigenvalue weighted by Gasteiger charge is 2.21. The van der Waals surface area contributed by atoms with E-state index >= 15 is 0 Å². The summed E-state index contributed by atoms with van der Waals surface area (Å²) in [6, 6.07) is 0. The van der Waals surface area contributed by atoms with Crippen molar-refractivity contribution in [1.29, 1.82) is 0 Å². The Morgan fingerprint density at radius 3 is 2.65 bits per heavy atom. The van der Waals surface area contributed by atoms with Crippen LogP contribution in [0.2, 0.25) is 0 Å². The summed E-state index contributed by atoms with van der Waals surface area (Å²) in [4.78, 5) is 0. The summed E-state index contributed by atoms with van der Waals surface area (Å²) in [5, 5.41) is 25.5. The van der Waals surface area contributed by atoms with Crippen molar-refractivity contribution in [3.63, 3.8) is 0 Å². The van der Waals surface area contributed by atoms with Gasteiger partial charge in [0.05, 0.1) is 18.4 Å². The van der Waals surface area contributed by atoms with Gasteiger partial charge in [0.1, 0.15) is 0 Å². The number of rotatable bonds is 5. The molecule has 0 bridgehead atoms. The number of aromatic nitrogens is 2. The molecule has 0 aromatic carbocycles. The molecule has 0 amide bonds. The number of nitrogens with zero attached hydrogens (tertiary/aromatic N) is 2. The second kappa shape index (κ2) is 5.62. The summed E-state index contributed by atoms with van der Waals surface area (Å²) in [6.07, 6.45) is 1.28. The molecular weight excluding hydrogens is 218 g/mol. The normalized spacial score (nSPS) is 14.0. The molecule has 0 aliphatic carbocycles. The van der Waals surface area contributed by atoms with Gasteiger partial charge in [-0.05, 0) is 0 Å². The number of aryl methyl sites for hydroxylation is 1. The zero-order valence-electron chi connectivity index (χ0n) is 11.1. The van der Waals surface area contributed by atoms with Gasteiger partial charge in [-0.15, -0.1) is 0 Å². The fraction of sp³-hybridized carbons (Fsp3) is 0.750. The summed E-state index contributed by atoms with van der Waals surface area (Å²) in [5.41, 5.74) is 2.20. The third-order valence-electron chi connectivity index (χ3n) is 2.52. The quantitative estimate of drug-likeness (QED) is 0.687. The number of nitrogens with one attached hydrogen (secondary N) is 1. The number of aliphatic hydroxyl groups excluding tert-OH is 2. The fourth-order valence-corrected chi connectivity index (χ4v) is 1.74. The van der Waals surface area contributed by atoms with Crippen LogP contribution in [0.15, 0.2) is 6.20 Å². The Kier molecular flexibility index (Phi) is 4.68. The van der Waals surface area contributed by atoms with Gasteiger partial charge in [0.15, 0.2) is 0 Å². The molecule has 0 aliphatic rings. The Hall–Kier alpha value is -0.910. The summed E-state index contributed by atoms with van der Waals surface area (Å²) in [7, 11) is 1.90. The van der Waals surface area contributed by atoms with Crippen molar-refractivity contribution in [2.75, 3.05) is 13.2 Å². The van der Waals surface area contributed by atoms with Gasteiger partial charge in [0, 0.05) is 37.3 Å². The van der Waals surface area contributed by atoms with E-state index in [1.807, 2.05) is 13.2 Å². The van der Waals surface area contributed by atoms with Crippen molar-refractivity contribution >= 4 is 0 Å². The molecule has 5 heteroatoms. The van der Waals surface area contributed by atoms with E-state index in [-0.39, 0.29) is 12.0 Å². The van der Waals surface area contributed by atoms with E-state index in [4.69, 9.17) is 5.11 Å². The van der Waals surface area contributed by atoms with Gasteiger partial charge in [-0.3, -0.25) is 4.68 Å². The fourth-order valence-electron chi connectivity index (χ4n) is 1.74. The van der Waals surface area contributed by atoms with E-state index in [2.05, 4.69) is 31.2 Å². The van der Waals surface area contributed by atoms with Crippen LogP contribution in [0.1, 0.15) is 32.0 Å². The molecule has 0 fully saturated rings. The molecule has 1 aromatic rings. The van der Waals surface area contributed by atoms with E-state index < -0.39 is 6.10 Å². The minimum absolute atomic E-state index is 0.00781. The van der Waals surface area contributed by atoms with Gasteiger partial charge < -0.3 is 15.5 Å². The highest BCUT2D eigenvalue weighted by Crippen LogP contribution is 2.23. The molecular formula is C12H23N3O2. The van der Waals surface area contributed by atoms with Gasteiger partial charge in [-0.1, -0.05) is 20.8 Å². The van der Waals surface area contributed by atoms with E-state index in [9.17, 15) is 5.11 Å². The monoisotopic (exact) mass is 241 g/mol. The second-order valence-electron chi connectivity index (χ2n) is 5.39. The van der Waals surface area contributed by atoms with Gasteiger partial charge in [0.2, 0.25) is 0 Å². The van der Waals surface area contributed by atoms with Crippen LogP contribution in [0.25, 0.3) is 0 Å². The lowest BCUT2D eigenvalue weighted by Gasteiger charge is -2.18. The van der Waals surface area contributed by atoms with E-state index in [0.717, 1.165) is 11.3 Å². The molecule has 3 N–H and O–H groups in total. The van der Waals surface area contributed by atoms with Crippen molar-refractivity contribution in [2.24, 2.45) is 7.05 Å². The highest BCUT2D eigenvalue weighted by atomic mass is 16.3. The molecule has 5 nitrogen and oxygen atoms in total. The molecule has 0 saturated heterocycles. The van der Waals surface area contributed by atoms with Crippen molar-refractivity contribution < 1.29 is 10.2 Å². The third-order valence-corrected chi connectivity index (χ3v) is 2.52. The molecule has 1 aromatic heterocycles. The smallest absolute Gasteiger partial charge is 0.0895 e. The summed E-state index contributed by atoms with van der Waals surface area (Å²) < 4.78 is 1.81. The predicted octanol–water partition coefficient (Wildman–Crippen LogP) is 0.160. The Bertz CT molecular complexity index is 355. The Morgan fingerprint density at radius 2 is 2.12 bits per heavy atom. The SMILES string of the molecule is Cn1cc(CNCC(O)CO)c(C(C)(C)C)n1. The van der Waals surface area contributed by atoms with Crippen LogP contribution < -0.4 is 5.32 Å². The molecule has 17 heavy (non-hydrogen) atoms. The van der Waals surface area contributed by atoms with Crippen molar-refractivity contribution in [2.45, 2.75) is 38.8 Å². The van der Waals surface area contributed by atoms with Gasteiger partial charge in [-0.25, -0.2) is 0 Å². The average molecular weight is 241 g/mol. The van der Waals surface area contributed by atoms with E-state index in [1.165, 1.54) is 0 Å². The Balaban J connectivity index is 2.65. The Morgan fingerprint density at radius 1 is 1.47 bits per heavy atom. The van der Waals surface area contributed by atoms with Crippen LogP contribution in [0.4, 0.5) is 0 Å². The van der Waals surface area contributed by atoms with Crippen molar-refractivity contribution in [3.8, 4) is 0 Å². The van der Waals surface area contributed by atoms with Crippen molar-refractivity contribution in [3.05, 3.63) is 17.5 Å². The van der Waals surface area contributed by atoms with Gasteiger partial charge in [-0.2, -0.15) is 5.10 Å². The lowest BCUT2D eigenvalue weighted by atomic mass is 9.89. The number of hydrogen-bond donors (Lipinski definition) is 3. The topological polar surface area (TPSA) is 70.3 Å². The Labute approximate surface area is 102 Å². The summed E-state index contributed by atoms with van der Waals surface area (Å²) >= 11 is 0. The molecule has 98 valence electrons. The number of aliphatic hydroxyl groups is 2. The zero-order valence-corrected chi connectivity index (χ0v) is 11.1. The van der Waals surface area contributed by atoms with Crippen LogP contribution in [0.3, 0.4) is 0 Å². The molecule has 1 rings (SSSR count). The molecule has 1 heterocycles. The summed E-state index contributed by atoms with van der Waals surface area (Å²) in [5.74, 6) is 0. The van der Waals surface area contributed by atoms with Crippen molar-refractivity contribution in [1.82, 2.24) is 15.1 Å². The van der Waals surface area contributed by atoms with Crippen LogP contribution in [0.5, 0.6) is 0 Å². The highest BCUT2D eigenvalue weighted by molar-refractivity contribution is 5.23. The minimum atomic E-state index is -0.704. The maximum absolute atomic E-state index is 9.24. The van der Waals surface area contributed by atoms with E-state index in [0.29, 0.717) is 13.1 Å². The maximum atomic E-state index is 9.24. The maximum Gasteiger partial charge on any atom is 0.0895 e. The molecule has 0 radical (unpaired) electrons. The van der Waals surface area contributed by atoms with Gasteiger partial charge >= 0.3 is 0 Å². The molecule has 1 unspecified atom stereocenters. The molecule has 0 aliphatic heterocycles. The van der Waals surface area contributed by atoms with Crippen LogP contribution in [-0.2, 0) is 19.0 Å². The first-order chi connectivity index (χ1) is 7.84. The average Bonchev–Trinajstić information content (AvgIpc) is 2.59. The first kappa shape index (κ1) is 14.2. The minimum Gasteiger partial charge on any atom is -0.394 e. The lowest BCUT2D eigenvalue weighted by molar-refractivity contribution is 0.0942. The van der Waals surface area contributed by atoms with Crippen LogP contribution in [-0.4, -0.2) is 39.2 Å². The molecule has 1 atom stereocenters. The number of hydrogen-bond acceptors (Lipinski definition) is 4. The third kappa shape index (κ3) is 4.11. The van der Waals surface area contributed by atoms with Crippen LogP contribution >= 0.6 is 0 Å². The predicted molar refractivity (Wildman–Crippen MR) is 66.7 cm³/mol. The zero-order chi connectivity index (χ0) is 13.1. The first-order valence-electron chi connectivity index (χ1n) is 5.87. The first-order valence-corrected chi connectivity index (χ1v) is 5.87.